The summed E-state index contributed by atoms with van der Waals surface area (Å²) in [5.74, 6) is 0.487. The summed E-state index contributed by atoms with van der Waals surface area (Å²) in [6.07, 6.45) is 0. The molecule has 1 rings (SSSR count). The topological polar surface area (TPSA) is 59.6 Å². The van der Waals surface area contributed by atoms with Crippen molar-refractivity contribution in [2.24, 2.45) is 10.7 Å². The Balaban J connectivity index is 0.00000289. The molecule has 0 saturated carbocycles. The van der Waals surface area contributed by atoms with E-state index in [1.54, 1.807) is 7.11 Å². The smallest absolute Gasteiger partial charge is 0.189 e. The second kappa shape index (κ2) is 9.16. The summed E-state index contributed by atoms with van der Waals surface area (Å²) >= 11 is 0. The maximum Gasteiger partial charge on any atom is 0.189 e. The lowest BCUT2D eigenvalue weighted by molar-refractivity contribution is 0.185. The van der Waals surface area contributed by atoms with Crippen molar-refractivity contribution in [2.75, 3.05) is 7.11 Å². The maximum absolute atomic E-state index is 5.72. The molecule has 0 radical (unpaired) electrons. The summed E-state index contributed by atoms with van der Waals surface area (Å²) in [5, 5.41) is 3.05. The van der Waals surface area contributed by atoms with Crippen molar-refractivity contribution < 1.29 is 4.74 Å². The Hall–Kier alpha value is -0.820. The standard InChI is InChI=1S/C13H21N3O.HI/c1-10(2)16-13(14)15-8-11-4-6-12(7-5-11)9-17-3;/h4-7,10H,8-9H2,1-3H3,(H3,14,15,16);1H. The zero-order chi connectivity index (χ0) is 12.7. The second-order valence-corrected chi connectivity index (χ2v) is 4.25. The summed E-state index contributed by atoms with van der Waals surface area (Å²) in [5.41, 5.74) is 8.02. The van der Waals surface area contributed by atoms with Gasteiger partial charge in [0.15, 0.2) is 5.96 Å². The van der Waals surface area contributed by atoms with E-state index < -0.39 is 0 Å². The van der Waals surface area contributed by atoms with Crippen molar-refractivity contribution in [1.82, 2.24) is 5.32 Å². The van der Waals surface area contributed by atoms with Crippen molar-refractivity contribution in [2.45, 2.75) is 33.0 Å². The lowest BCUT2D eigenvalue weighted by Crippen LogP contribution is -2.36. The molecule has 0 atom stereocenters. The SMILES string of the molecule is COCc1ccc(CN=C(N)NC(C)C)cc1.I. The molecule has 1 aromatic carbocycles. The van der Waals surface area contributed by atoms with Gasteiger partial charge in [-0.25, -0.2) is 4.99 Å². The van der Waals surface area contributed by atoms with E-state index in [9.17, 15) is 0 Å². The van der Waals surface area contributed by atoms with Crippen molar-refractivity contribution >= 4 is 29.9 Å². The van der Waals surface area contributed by atoms with Crippen LogP contribution >= 0.6 is 24.0 Å². The predicted molar refractivity (Wildman–Crippen MR) is 86.2 cm³/mol. The molecule has 0 saturated heterocycles. The van der Waals surface area contributed by atoms with Gasteiger partial charge in [0.1, 0.15) is 0 Å². The monoisotopic (exact) mass is 363 g/mol. The Bertz CT molecular complexity index is 363. The van der Waals surface area contributed by atoms with Gasteiger partial charge in [0.25, 0.3) is 0 Å². The van der Waals surface area contributed by atoms with E-state index in [1.165, 1.54) is 0 Å². The van der Waals surface area contributed by atoms with Crippen LogP contribution in [0.4, 0.5) is 0 Å². The molecular weight excluding hydrogens is 341 g/mol. The first-order valence-corrected chi connectivity index (χ1v) is 5.75. The van der Waals surface area contributed by atoms with Crippen LogP contribution in [0.5, 0.6) is 0 Å². The zero-order valence-electron chi connectivity index (χ0n) is 11.1. The van der Waals surface area contributed by atoms with Crippen LogP contribution in [-0.4, -0.2) is 19.1 Å². The summed E-state index contributed by atoms with van der Waals surface area (Å²) < 4.78 is 5.05. The summed E-state index contributed by atoms with van der Waals surface area (Å²) in [6.45, 7) is 5.29. The molecule has 0 aliphatic rings. The van der Waals surface area contributed by atoms with Crippen LogP contribution in [0.3, 0.4) is 0 Å². The highest BCUT2D eigenvalue weighted by Crippen LogP contribution is 2.06. The molecule has 18 heavy (non-hydrogen) atoms. The number of benzene rings is 1. The molecule has 0 aliphatic heterocycles. The van der Waals surface area contributed by atoms with E-state index in [0.717, 1.165) is 11.1 Å². The van der Waals surface area contributed by atoms with E-state index in [0.29, 0.717) is 25.2 Å². The van der Waals surface area contributed by atoms with E-state index in [-0.39, 0.29) is 24.0 Å². The van der Waals surface area contributed by atoms with Crippen LogP contribution in [-0.2, 0) is 17.9 Å². The van der Waals surface area contributed by atoms with E-state index in [4.69, 9.17) is 10.5 Å². The Kier molecular flexibility index (Phi) is 8.74. The molecule has 0 heterocycles. The number of hydrogen-bond acceptors (Lipinski definition) is 2. The Labute approximate surface area is 126 Å². The molecular formula is C13H22IN3O. The minimum absolute atomic E-state index is 0. The summed E-state index contributed by atoms with van der Waals surface area (Å²) in [7, 11) is 1.69. The third-order valence-corrected chi connectivity index (χ3v) is 2.20. The van der Waals surface area contributed by atoms with E-state index in [2.05, 4.69) is 10.3 Å². The number of guanidine groups is 1. The van der Waals surface area contributed by atoms with Crippen LogP contribution < -0.4 is 11.1 Å². The number of nitrogens with zero attached hydrogens (tertiary/aromatic N) is 1. The third-order valence-electron chi connectivity index (χ3n) is 2.20. The normalized spacial score (nSPS) is 11.2. The zero-order valence-corrected chi connectivity index (χ0v) is 13.5. The number of methoxy groups -OCH3 is 1. The lowest BCUT2D eigenvalue weighted by atomic mass is 10.1. The van der Waals surface area contributed by atoms with Gasteiger partial charge in [0, 0.05) is 13.2 Å². The number of aliphatic imine (C=N–C) groups is 1. The number of hydrogen-bond donors (Lipinski definition) is 2. The first-order chi connectivity index (χ1) is 8.11. The molecule has 1 aromatic rings. The van der Waals surface area contributed by atoms with Crippen LogP contribution in [0, 0.1) is 0 Å². The molecule has 0 unspecified atom stereocenters. The Morgan fingerprint density at radius 1 is 1.28 bits per heavy atom. The molecule has 0 fully saturated rings. The van der Waals surface area contributed by atoms with Crippen molar-refractivity contribution in [3.05, 3.63) is 35.4 Å². The van der Waals surface area contributed by atoms with Crippen LogP contribution in [0.25, 0.3) is 0 Å². The number of nitrogens with two attached hydrogens (primary N) is 1. The lowest BCUT2D eigenvalue weighted by Gasteiger charge is -2.08. The summed E-state index contributed by atoms with van der Waals surface area (Å²) in [6, 6.07) is 8.48. The van der Waals surface area contributed by atoms with Crippen molar-refractivity contribution in [3.8, 4) is 0 Å². The minimum Gasteiger partial charge on any atom is -0.380 e. The van der Waals surface area contributed by atoms with Gasteiger partial charge in [0.2, 0.25) is 0 Å². The summed E-state index contributed by atoms with van der Waals surface area (Å²) in [4.78, 5) is 4.26. The maximum atomic E-state index is 5.72. The van der Waals surface area contributed by atoms with Gasteiger partial charge in [-0.1, -0.05) is 24.3 Å². The van der Waals surface area contributed by atoms with Gasteiger partial charge >= 0.3 is 0 Å². The predicted octanol–water partition coefficient (Wildman–Crippen LogP) is 2.26. The van der Waals surface area contributed by atoms with Gasteiger partial charge in [-0.3, -0.25) is 0 Å². The van der Waals surface area contributed by atoms with Crippen LogP contribution in [0.1, 0.15) is 25.0 Å². The number of rotatable bonds is 5. The Morgan fingerprint density at radius 2 is 1.83 bits per heavy atom. The third kappa shape index (κ3) is 6.80. The van der Waals surface area contributed by atoms with Gasteiger partial charge in [0.05, 0.1) is 13.2 Å². The van der Waals surface area contributed by atoms with Crippen LogP contribution in [0.15, 0.2) is 29.3 Å². The van der Waals surface area contributed by atoms with Gasteiger partial charge in [-0.15, -0.1) is 24.0 Å². The fraction of sp³-hybridized carbons (Fsp3) is 0.462. The highest BCUT2D eigenvalue weighted by Gasteiger charge is 1.96. The largest absolute Gasteiger partial charge is 0.380 e. The number of nitrogens with one attached hydrogen (secondary N) is 1. The molecule has 4 nitrogen and oxygen atoms in total. The van der Waals surface area contributed by atoms with Gasteiger partial charge < -0.3 is 15.8 Å². The molecule has 5 heteroatoms. The molecule has 0 spiro atoms. The molecule has 0 bridgehead atoms. The minimum atomic E-state index is 0. The highest BCUT2D eigenvalue weighted by atomic mass is 127. The van der Waals surface area contributed by atoms with Crippen molar-refractivity contribution in [3.63, 3.8) is 0 Å². The molecule has 0 aromatic heterocycles. The van der Waals surface area contributed by atoms with Crippen LogP contribution in [0.2, 0.25) is 0 Å². The Morgan fingerprint density at radius 3 is 2.33 bits per heavy atom. The van der Waals surface area contributed by atoms with E-state index in [1.807, 2.05) is 38.1 Å². The average molecular weight is 363 g/mol. The second-order valence-electron chi connectivity index (χ2n) is 4.25. The van der Waals surface area contributed by atoms with Gasteiger partial charge in [-0.05, 0) is 25.0 Å². The fourth-order valence-corrected chi connectivity index (χ4v) is 1.43. The fourth-order valence-electron chi connectivity index (χ4n) is 1.43. The number of ether oxygens (including phenoxy) is 1. The van der Waals surface area contributed by atoms with Crippen molar-refractivity contribution in [1.29, 1.82) is 0 Å². The first-order valence-electron chi connectivity index (χ1n) is 5.75. The molecule has 0 aliphatic carbocycles. The number of halogens is 1. The van der Waals surface area contributed by atoms with Gasteiger partial charge in [-0.2, -0.15) is 0 Å². The highest BCUT2D eigenvalue weighted by molar-refractivity contribution is 14.0. The molecule has 0 amide bonds. The molecule has 3 N–H and O–H groups in total. The quantitative estimate of drug-likeness (QED) is 0.479. The first kappa shape index (κ1) is 17.2. The average Bonchev–Trinajstić information content (AvgIpc) is 2.28. The molecule has 102 valence electrons. The van der Waals surface area contributed by atoms with E-state index >= 15 is 0 Å².